The average molecular weight is 215 g/mol. The number of hydrogen-bond acceptors (Lipinski definition) is 2. The molecule has 14 heavy (non-hydrogen) atoms. The Kier molecular flexibility index (Phi) is 5.38. The fourth-order valence-electron chi connectivity index (χ4n) is 2.01. The topological polar surface area (TPSA) is 29.1 Å². The lowest BCUT2D eigenvalue weighted by molar-refractivity contribution is -0.121. The van der Waals surface area contributed by atoms with Crippen molar-refractivity contribution in [3.05, 3.63) is 0 Å². The first kappa shape index (κ1) is 11.9. The molecule has 0 aromatic heterocycles. The van der Waals surface area contributed by atoms with Crippen molar-refractivity contribution in [2.24, 2.45) is 0 Å². The van der Waals surface area contributed by atoms with E-state index in [2.05, 4.69) is 12.2 Å². The predicted molar refractivity (Wildman–Crippen MR) is 62.6 cm³/mol. The molecular formula is C11H21NOS. The lowest BCUT2D eigenvalue weighted by atomic mass is 10.2. The maximum atomic E-state index is 11.4. The van der Waals surface area contributed by atoms with Crippen LogP contribution in [0.5, 0.6) is 0 Å². The third-order valence-electron chi connectivity index (χ3n) is 2.66. The molecule has 2 atom stereocenters. The van der Waals surface area contributed by atoms with Crippen molar-refractivity contribution >= 4 is 17.7 Å². The summed E-state index contributed by atoms with van der Waals surface area (Å²) >= 11 is 1.99. The van der Waals surface area contributed by atoms with Crippen molar-refractivity contribution in [3.63, 3.8) is 0 Å². The molecule has 0 radical (unpaired) electrons. The molecule has 0 spiro atoms. The molecule has 1 rings (SSSR count). The molecule has 1 aliphatic rings. The second kappa shape index (κ2) is 6.33. The molecule has 1 fully saturated rings. The van der Waals surface area contributed by atoms with Gasteiger partial charge in [-0.05, 0) is 25.0 Å². The van der Waals surface area contributed by atoms with E-state index in [-0.39, 0.29) is 5.91 Å². The van der Waals surface area contributed by atoms with Gasteiger partial charge in [0.25, 0.3) is 0 Å². The third-order valence-corrected chi connectivity index (χ3v) is 3.98. The summed E-state index contributed by atoms with van der Waals surface area (Å²) in [5.41, 5.74) is 0. The zero-order valence-corrected chi connectivity index (χ0v) is 10.0. The number of amides is 1. The number of carbonyl (C=O) groups is 1. The van der Waals surface area contributed by atoms with Crippen molar-refractivity contribution in [3.8, 4) is 0 Å². The number of thioether (sulfide) groups is 1. The van der Waals surface area contributed by atoms with E-state index in [0.29, 0.717) is 17.7 Å². The minimum atomic E-state index is 0.237. The highest BCUT2D eigenvalue weighted by Crippen LogP contribution is 2.29. The number of nitrogens with one attached hydrogen (secondary N) is 1. The molecule has 1 saturated carbocycles. The van der Waals surface area contributed by atoms with E-state index in [9.17, 15) is 4.79 Å². The SMILES string of the molecule is CCCC(=O)N[C@H]1CCC[C@H]1SCC. The zero-order valence-electron chi connectivity index (χ0n) is 9.21. The largest absolute Gasteiger partial charge is 0.352 e. The van der Waals surface area contributed by atoms with Gasteiger partial charge in [-0.3, -0.25) is 4.79 Å². The highest BCUT2D eigenvalue weighted by Gasteiger charge is 2.27. The second-order valence-corrected chi connectivity index (χ2v) is 5.36. The quantitative estimate of drug-likeness (QED) is 0.763. The number of carbonyl (C=O) groups excluding carboxylic acids is 1. The standard InChI is InChI=1S/C11H21NOS/c1-3-6-11(13)12-9-7-5-8-10(9)14-4-2/h9-10H,3-8H2,1-2H3,(H,12,13)/t9-,10+/m0/s1. The summed E-state index contributed by atoms with van der Waals surface area (Å²) in [4.78, 5) is 11.4. The Morgan fingerprint density at radius 1 is 1.43 bits per heavy atom. The van der Waals surface area contributed by atoms with Crippen molar-refractivity contribution < 1.29 is 4.79 Å². The minimum absolute atomic E-state index is 0.237. The van der Waals surface area contributed by atoms with Crippen LogP contribution in [0.3, 0.4) is 0 Å². The van der Waals surface area contributed by atoms with Gasteiger partial charge in [-0.2, -0.15) is 11.8 Å². The zero-order chi connectivity index (χ0) is 10.4. The monoisotopic (exact) mass is 215 g/mol. The molecule has 1 aliphatic carbocycles. The van der Waals surface area contributed by atoms with Gasteiger partial charge in [0, 0.05) is 17.7 Å². The summed E-state index contributed by atoms with van der Waals surface area (Å²) in [6.45, 7) is 4.24. The van der Waals surface area contributed by atoms with Crippen molar-refractivity contribution in [2.75, 3.05) is 5.75 Å². The lowest BCUT2D eigenvalue weighted by Crippen LogP contribution is -2.38. The Morgan fingerprint density at radius 2 is 2.21 bits per heavy atom. The highest BCUT2D eigenvalue weighted by molar-refractivity contribution is 7.99. The van der Waals surface area contributed by atoms with Gasteiger partial charge < -0.3 is 5.32 Å². The third kappa shape index (κ3) is 3.52. The van der Waals surface area contributed by atoms with E-state index in [1.165, 1.54) is 19.3 Å². The van der Waals surface area contributed by atoms with Gasteiger partial charge in [0.05, 0.1) is 0 Å². The van der Waals surface area contributed by atoms with Gasteiger partial charge in [0.15, 0.2) is 0 Å². The Morgan fingerprint density at radius 3 is 2.86 bits per heavy atom. The summed E-state index contributed by atoms with van der Waals surface area (Å²) in [6, 6.07) is 0.444. The van der Waals surface area contributed by atoms with Crippen LogP contribution in [-0.4, -0.2) is 23.0 Å². The van der Waals surface area contributed by atoms with Gasteiger partial charge in [0.2, 0.25) is 5.91 Å². The second-order valence-electron chi connectivity index (χ2n) is 3.85. The van der Waals surface area contributed by atoms with Gasteiger partial charge in [0.1, 0.15) is 0 Å². The van der Waals surface area contributed by atoms with Crippen LogP contribution in [0.25, 0.3) is 0 Å². The smallest absolute Gasteiger partial charge is 0.220 e. The summed E-state index contributed by atoms with van der Waals surface area (Å²) in [7, 11) is 0. The molecule has 0 saturated heterocycles. The summed E-state index contributed by atoms with van der Waals surface area (Å²) in [6.07, 6.45) is 5.35. The summed E-state index contributed by atoms with van der Waals surface area (Å²) in [5, 5.41) is 3.82. The molecule has 0 aromatic rings. The van der Waals surface area contributed by atoms with Crippen LogP contribution in [0.4, 0.5) is 0 Å². The van der Waals surface area contributed by atoms with Crippen molar-refractivity contribution in [2.45, 2.75) is 57.2 Å². The molecule has 3 heteroatoms. The molecule has 82 valence electrons. The van der Waals surface area contributed by atoms with Crippen molar-refractivity contribution in [1.82, 2.24) is 5.32 Å². The average Bonchev–Trinajstić information content (AvgIpc) is 2.54. The highest BCUT2D eigenvalue weighted by atomic mass is 32.2. The minimum Gasteiger partial charge on any atom is -0.352 e. The maximum Gasteiger partial charge on any atom is 0.220 e. The van der Waals surface area contributed by atoms with Crippen LogP contribution in [0.1, 0.15) is 46.0 Å². The number of rotatable bonds is 5. The van der Waals surface area contributed by atoms with E-state index < -0.39 is 0 Å². The maximum absolute atomic E-state index is 11.4. The van der Waals surface area contributed by atoms with Gasteiger partial charge in [-0.25, -0.2) is 0 Å². The Balaban J connectivity index is 2.31. The van der Waals surface area contributed by atoms with Crippen LogP contribution >= 0.6 is 11.8 Å². The molecule has 0 aliphatic heterocycles. The molecule has 0 bridgehead atoms. The molecule has 2 nitrogen and oxygen atoms in total. The van der Waals surface area contributed by atoms with Gasteiger partial charge in [-0.1, -0.05) is 20.3 Å². The van der Waals surface area contributed by atoms with Crippen LogP contribution in [0.15, 0.2) is 0 Å². The van der Waals surface area contributed by atoms with E-state index in [1.54, 1.807) is 0 Å². The fourth-order valence-corrected chi connectivity index (χ4v) is 3.21. The number of hydrogen-bond donors (Lipinski definition) is 1. The van der Waals surface area contributed by atoms with Crippen LogP contribution in [0.2, 0.25) is 0 Å². The Labute approximate surface area is 91.2 Å². The normalized spacial score (nSPS) is 26.4. The molecule has 0 unspecified atom stereocenters. The Hall–Kier alpha value is -0.180. The molecule has 0 heterocycles. The van der Waals surface area contributed by atoms with E-state index in [0.717, 1.165) is 12.2 Å². The molecular weight excluding hydrogens is 194 g/mol. The first-order valence-corrected chi connectivity index (χ1v) is 6.73. The summed E-state index contributed by atoms with van der Waals surface area (Å²) < 4.78 is 0. The van der Waals surface area contributed by atoms with E-state index in [1.807, 2.05) is 18.7 Å². The molecule has 0 aromatic carbocycles. The molecule has 1 N–H and O–H groups in total. The van der Waals surface area contributed by atoms with Gasteiger partial charge >= 0.3 is 0 Å². The fraction of sp³-hybridized carbons (Fsp3) is 0.909. The van der Waals surface area contributed by atoms with E-state index in [4.69, 9.17) is 0 Å². The first-order valence-electron chi connectivity index (χ1n) is 5.68. The van der Waals surface area contributed by atoms with Gasteiger partial charge in [-0.15, -0.1) is 0 Å². The Bertz CT molecular complexity index is 184. The van der Waals surface area contributed by atoms with Crippen LogP contribution < -0.4 is 5.32 Å². The van der Waals surface area contributed by atoms with Crippen LogP contribution in [0, 0.1) is 0 Å². The van der Waals surface area contributed by atoms with Crippen LogP contribution in [-0.2, 0) is 4.79 Å². The predicted octanol–water partition coefficient (Wildman–Crippen LogP) is 2.58. The molecule has 1 amide bonds. The summed E-state index contributed by atoms with van der Waals surface area (Å²) in [5.74, 6) is 1.39. The first-order chi connectivity index (χ1) is 6.77. The lowest BCUT2D eigenvalue weighted by Gasteiger charge is -2.19. The van der Waals surface area contributed by atoms with E-state index >= 15 is 0 Å². The van der Waals surface area contributed by atoms with Crippen molar-refractivity contribution in [1.29, 1.82) is 0 Å².